The van der Waals surface area contributed by atoms with Gasteiger partial charge in [0.1, 0.15) is 6.73 Å². The molecule has 0 aromatic carbocycles. The topological polar surface area (TPSA) is 73.7 Å². The van der Waals surface area contributed by atoms with E-state index in [1.54, 1.807) is 0 Å². The standard InChI is InChI=1S/C13H23N3O4Si/c1-15(19-2)13(18)11-6-7-12(17)16(14-11)10-20-8-9-21(3,4)5/h6-7H,8-10H2,1-5H3. The smallest absolute Gasteiger partial charge is 0.297 e. The maximum absolute atomic E-state index is 11.9. The average molecular weight is 313 g/mol. The van der Waals surface area contributed by atoms with Gasteiger partial charge in [0, 0.05) is 27.8 Å². The summed E-state index contributed by atoms with van der Waals surface area (Å²) >= 11 is 0. The Kier molecular flexibility index (Phi) is 6.25. The quantitative estimate of drug-likeness (QED) is 0.429. The van der Waals surface area contributed by atoms with Gasteiger partial charge in [-0.1, -0.05) is 19.6 Å². The fraction of sp³-hybridized carbons (Fsp3) is 0.615. The van der Waals surface area contributed by atoms with Crippen molar-refractivity contribution in [1.29, 1.82) is 0 Å². The van der Waals surface area contributed by atoms with Crippen LogP contribution in [0, 0.1) is 0 Å². The third kappa shape index (κ3) is 5.78. The van der Waals surface area contributed by atoms with Gasteiger partial charge in [0.15, 0.2) is 5.69 Å². The van der Waals surface area contributed by atoms with E-state index in [4.69, 9.17) is 9.57 Å². The van der Waals surface area contributed by atoms with Gasteiger partial charge in [-0.2, -0.15) is 5.10 Å². The minimum atomic E-state index is -1.17. The molecule has 1 rings (SSSR count). The fourth-order valence-corrected chi connectivity index (χ4v) is 2.19. The largest absolute Gasteiger partial charge is 0.359 e. The van der Waals surface area contributed by atoms with E-state index in [9.17, 15) is 9.59 Å². The summed E-state index contributed by atoms with van der Waals surface area (Å²) in [5.41, 5.74) is -0.174. The molecular formula is C13H23N3O4Si. The number of ether oxygens (including phenoxy) is 1. The van der Waals surface area contributed by atoms with Gasteiger partial charge in [-0.15, -0.1) is 0 Å². The van der Waals surface area contributed by atoms with Gasteiger partial charge in [0.2, 0.25) is 0 Å². The Bertz CT molecular complexity index is 539. The van der Waals surface area contributed by atoms with Crippen LogP contribution in [0.4, 0.5) is 0 Å². The molecule has 0 saturated carbocycles. The second kappa shape index (κ2) is 7.48. The van der Waals surface area contributed by atoms with Gasteiger partial charge in [-0.3, -0.25) is 14.4 Å². The van der Waals surface area contributed by atoms with Crippen LogP contribution in [0.3, 0.4) is 0 Å². The van der Waals surface area contributed by atoms with Crippen molar-refractivity contribution in [1.82, 2.24) is 14.8 Å². The van der Waals surface area contributed by atoms with E-state index in [1.165, 1.54) is 26.3 Å². The predicted molar refractivity (Wildman–Crippen MR) is 81.7 cm³/mol. The molecule has 8 heteroatoms. The first-order valence-electron chi connectivity index (χ1n) is 6.72. The fourth-order valence-electron chi connectivity index (χ4n) is 1.43. The molecule has 1 aromatic heterocycles. The van der Waals surface area contributed by atoms with Gasteiger partial charge in [0.05, 0.1) is 7.11 Å². The summed E-state index contributed by atoms with van der Waals surface area (Å²) in [5.74, 6) is -0.423. The SMILES string of the molecule is CON(C)C(=O)c1ccc(=O)n(COCC[Si](C)(C)C)n1. The molecule has 0 aliphatic rings. The van der Waals surface area contributed by atoms with E-state index < -0.39 is 14.0 Å². The zero-order valence-corrected chi connectivity index (χ0v) is 14.3. The van der Waals surface area contributed by atoms with Crippen molar-refractivity contribution in [2.24, 2.45) is 0 Å². The number of carbonyl (C=O) groups is 1. The van der Waals surface area contributed by atoms with E-state index in [0.29, 0.717) is 6.61 Å². The van der Waals surface area contributed by atoms with Crippen LogP contribution in [0.25, 0.3) is 0 Å². The van der Waals surface area contributed by atoms with Crippen LogP contribution in [0.2, 0.25) is 25.7 Å². The van der Waals surface area contributed by atoms with Gasteiger partial charge >= 0.3 is 0 Å². The highest BCUT2D eigenvalue weighted by molar-refractivity contribution is 6.76. The summed E-state index contributed by atoms with van der Waals surface area (Å²) in [6.07, 6.45) is 0. The first kappa shape index (κ1) is 17.5. The number of carbonyl (C=O) groups excluding carboxylic acids is 1. The minimum absolute atomic E-state index is 0.0428. The van der Waals surface area contributed by atoms with Crippen molar-refractivity contribution >= 4 is 14.0 Å². The molecule has 21 heavy (non-hydrogen) atoms. The number of amides is 1. The molecule has 0 atom stereocenters. The summed E-state index contributed by atoms with van der Waals surface area (Å²) in [5, 5.41) is 5.04. The highest BCUT2D eigenvalue weighted by atomic mass is 28.3. The second-order valence-corrected chi connectivity index (χ2v) is 11.5. The molecule has 1 heterocycles. The molecule has 0 spiro atoms. The highest BCUT2D eigenvalue weighted by Crippen LogP contribution is 2.07. The molecule has 7 nitrogen and oxygen atoms in total. The third-order valence-corrected chi connectivity index (χ3v) is 4.56. The van der Waals surface area contributed by atoms with Crippen LogP contribution in [0.1, 0.15) is 10.5 Å². The Morgan fingerprint density at radius 2 is 2.05 bits per heavy atom. The van der Waals surface area contributed by atoms with Crippen molar-refractivity contribution in [3.63, 3.8) is 0 Å². The van der Waals surface area contributed by atoms with E-state index in [-0.39, 0.29) is 18.0 Å². The first-order chi connectivity index (χ1) is 9.74. The molecule has 0 saturated heterocycles. The molecule has 0 radical (unpaired) electrons. The lowest BCUT2D eigenvalue weighted by molar-refractivity contribution is -0.0762. The minimum Gasteiger partial charge on any atom is -0.359 e. The second-order valence-electron chi connectivity index (χ2n) is 5.89. The molecule has 0 fully saturated rings. The summed E-state index contributed by atoms with van der Waals surface area (Å²) in [6, 6.07) is 3.68. The molecule has 0 aliphatic heterocycles. The summed E-state index contributed by atoms with van der Waals surface area (Å²) in [4.78, 5) is 28.4. The Balaban J connectivity index is 2.70. The molecule has 1 amide bonds. The Morgan fingerprint density at radius 1 is 1.38 bits per heavy atom. The molecule has 0 unspecified atom stereocenters. The van der Waals surface area contributed by atoms with Crippen LogP contribution in [-0.2, 0) is 16.3 Å². The summed E-state index contributed by atoms with van der Waals surface area (Å²) in [7, 11) is 1.69. The van der Waals surface area contributed by atoms with Crippen LogP contribution >= 0.6 is 0 Å². The Hall–Kier alpha value is -1.51. The van der Waals surface area contributed by atoms with Crippen LogP contribution in [0.5, 0.6) is 0 Å². The van der Waals surface area contributed by atoms with E-state index >= 15 is 0 Å². The molecule has 0 aliphatic carbocycles. The zero-order valence-electron chi connectivity index (χ0n) is 13.3. The summed E-state index contributed by atoms with van der Waals surface area (Å²) < 4.78 is 6.62. The lowest BCUT2D eigenvalue weighted by atomic mass is 10.4. The molecule has 1 aromatic rings. The van der Waals surface area contributed by atoms with Crippen molar-refractivity contribution < 1.29 is 14.4 Å². The number of hydroxylamine groups is 2. The highest BCUT2D eigenvalue weighted by Gasteiger charge is 2.15. The van der Waals surface area contributed by atoms with E-state index in [0.717, 1.165) is 15.8 Å². The lowest BCUT2D eigenvalue weighted by Gasteiger charge is -2.16. The number of hydrogen-bond donors (Lipinski definition) is 0. The van der Waals surface area contributed by atoms with Crippen LogP contribution in [0.15, 0.2) is 16.9 Å². The van der Waals surface area contributed by atoms with E-state index in [2.05, 4.69) is 24.7 Å². The zero-order chi connectivity index (χ0) is 16.0. The maximum atomic E-state index is 11.9. The maximum Gasteiger partial charge on any atom is 0.297 e. The Morgan fingerprint density at radius 3 is 2.62 bits per heavy atom. The molecule has 0 N–H and O–H groups in total. The van der Waals surface area contributed by atoms with Crippen LogP contribution < -0.4 is 5.56 Å². The van der Waals surface area contributed by atoms with Crippen molar-refractivity contribution in [2.45, 2.75) is 32.4 Å². The van der Waals surface area contributed by atoms with Crippen molar-refractivity contribution in [2.75, 3.05) is 20.8 Å². The Labute approximate surface area is 125 Å². The summed E-state index contributed by atoms with van der Waals surface area (Å²) in [6.45, 7) is 7.38. The third-order valence-electron chi connectivity index (χ3n) is 2.86. The predicted octanol–water partition coefficient (Wildman–Crippen LogP) is 1.19. The molecule has 0 bridgehead atoms. The molecular weight excluding hydrogens is 290 g/mol. The van der Waals surface area contributed by atoms with Crippen molar-refractivity contribution in [3.05, 3.63) is 28.2 Å². The number of nitrogens with zero attached hydrogens (tertiary/aromatic N) is 3. The number of hydrogen-bond acceptors (Lipinski definition) is 5. The average Bonchev–Trinajstić information content (AvgIpc) is 2.42. The van der Waals surface area contributed by atoms with E-state index in [1.807, 2.05) is 0 Å². The lowest BCUT2D eigenvalue weighted by Crippen LogP contribution is -2.31. The van der Waals surface area contributed by atoms with Crippen molar-refractivity contribution in [3.8, 4) is 0 Å². The van der Waals surface area contributed by atoms with Gasteiger partial charge in [0.25, 0.3) is 11.5 Å². The van der Waals surface area contributed by atoms with Gasteiger partial charge < -0.3 is 4.74 Å². The monoisotopic (exact) mass is 313 g/mol. The van der Waals surface area contributed by atoms with Crippen LogP contribution in [-0.4, -0.2) is 49.6 Å². The van der Waals surface area contributed by atoms with Gasteiger partial charge in [-0.25, -0.2) is 9.75 Å². The first-order valence-corrected chi connectivity index (χ1v) is 10.4. The molecule has 118 valence electrons. The number of rotatable bonds is 7. The normalized spacial score (nSPS) is 11.5. The van der Waals surface area contributed by atoms with Gasteiger partial charge in [-0.05, 0) is 12.1 Å². The number of aromatic nitrogens is 2.